The number of rotatable bonds is 11. The SMILES string of the molecule is C=C(NCC1CCCCC1)/C(C)=C/C(N=C(C)NC=NCC)C(=C)CCC. The summed E-state index contributed by atoms with van der Waals surface area (Å²) in [5.74, 6) is 1.63. The van der Waals surface area contributed by atoms with Gasteiger partial charge in [-0.15, -0.1) is 0 Å². The topological polar surface area (TPSA) is 48.8 Å². The van der Waals surface area contributed by atoms with Crippen molar-refractivity contribution < 1.29 is 0 Å². The van der Waals surface area contributed by atoms with Crippen molar-refractivity contribution >= 4 is 12.2 Å². The van der Waals surface area contributed by atoms with E-state index in [4.69, 9.17) is 4.99 Å². The molecule has 0 aliphatic heterocycles. The Balaban J connectivity index is 2.74. The normalized spacial score (nSPS) is 17.8. The maximum atomic E-state index is 4.81. The van der Waals surface area contributed by atoms with Gasteiger partial charge in [-0.25, -0.2) is 0 Å². The van der Waals surface area contributed by atoms with E-state index < -0.39 is 0 Å². The Morgan fingerprint density at radius 1 is 1.15 bits per heavy atom. The summed E-state index contributed by atoms with van der Waals surface area (Å²) >= 11 is 0. The second-order valence-electron chi connectivity index (χ2n) is 7.55. The van der Waals surface area contributed by atoms with Gasteiger partial charge in [0.25, 0.3) is 0 Å². The summed E-state index contributed by atoms with van der Waals surface area (Å²) in [6.07, 6.45) is 12.7. The molecule has 0 amide bonds. The third-order valence-corrected chi connectivity index (χ3v) is 5.08. The molecule has 0 aromatic heterocycles. The maximum absolute atomic E-state index is 4.81. The zero-order chi connectivity index (χ0) is 20.1. The zero-order valence-electron chi connectivity index (χ0n) is 18.0. The highest BCUT2D eigenvalue weighted by Gasteiger charge is 2.14. The van der Waals surface area contributed by atoms with Crippen LogP contribution in [0.1, 0.15) is 72.6 Å². The first kappa shape index (κ1) is 23.2. The van der Waals surface area contributed by atoms with Gasteiger partial charge in [0.1, 0.15) is 0 Å². The van der Waals surface area contributed by atoms with E-state index in [0.29, 0.717) is 0 Å². The second-order valence-corrected chi connectivity index (χ2v) is 7.55. The minimum Gasteiger partial charge on any atom is -0.385 e. The van der Waals surface area contributed by atoms with Gasteiger partial charge in [0, 0.05) is 18.8 Å². The van der Waals surface area contributed by atoms with Gasteiger partial charge in [0.2, 0.25) is 0 Å². The van der Waals surface area contributed by atoms with Gasteiger partial charge in [0.05, 0.1) is 18.2 Å². The molecule has 1 aliphatic carbocycles. The van der Waals surface area contributed by atoms with Gasteiger partial charge >= 0.3 is 0 Å². The molecule has 4 nitrogen and oxygen atoms in total. The van der Waals surface area contributed by atoms with Crippen LogP contribution in [-0.2, 0) is 0 Å². The van der Waals surface area contributed by atoms with Crippen molar-refractivity contribution in [1.82, 2.24) is 10.6 Å². The van der Waals surface area contributed by atoms with Gasteiger partial charge in [-0.3, -0.25) is 9.98 Å². The van der Waals surface area contributed by atoms with Crippen LogP contribution >= 0.6 is 0 Å². The van der Waals surface area contributed by atoms with Crippen LogP contribution in [0.5, 0.6) is 0 Å². The molecule has 0 radical (unpaired) electrons. The molecule has 0 aromatic rings. The van der Waals surface area contributed by atoms with Crippen molar-refractivity contribution in [1.29, 1.82) is 0 Å². The molecule has 152 valence electrons. The Hall–Kier alpha value is -1.84. The first-order valence-electron chi connectivity index (χ1n) is 10.6. The minimum absolute atomic E-state index is 0.0410. The summed E-state index contributed by atoms with van der Waals surface area (Å²) in [5.41, 5.74) is 3.28. The first-order valence-corrected chi connectivity index (χ1v) is 10.6. The largest absolute Gasteiger partial charge is 0.385 e. The van der Waals surface area contributed by atoms with Gasteiger partial charge in [-0.05, 0) is 57.1 Å². The van der Waals surface area contributed by atoms with Crippen LogP contribution in [0.25, 0.3) is 0 Å². The molecule has 4 heteroatoms. The summed E-state index contributed by atoms with van der Waals surface area (Å²) in [7, 11) is 0. The van der Waals surface area contributed by atoms with Gasteiger partial charge in [0.15, 0.2) is 0 Å². The third-order valence-electron chi connectivity index (χ3n) is 5.08. The average molecular weight is 373 g/mol. The Bertz CT molecular complexity index is 551. The van der Waals surface area contributed by atoms with E-state index in [1.165, 1.54) is 32.1 Å². The number of nitrogens with one attached hydrogen (secondary N) is 2. The fourth-order valence-electron chi connectivity index (χ4n) is 3.33. The lowest BCUT2D eigenvalue weighted by Gasteiger charge is -2.23. The highest BCUT2D eigenvalue weighted by atomic mass is 15.0. The molecule has 1 rings (SSSR count). The Kier molecular flexibility index (Phi) is 11.5. The predicted octanol–water partition coefficient (Wildman–Crippen LogP) is 5.40. The van der Waals surface area contributed by atoms with Gasteiger partial charge in [-0.1, -0.05) is 51.8 Å². The molecule has 0 aromatic carbocycles. The number of hydrogen-bond donors (Lipinski definition) is 2. The van der Waals surface area contributed by atoms with E-state index in [-0.39, 0.29) is 6.04 Å². The molecular formula is C23H40N4. The van der Waals surface area contributed by atoms with E-state index in [1.807, 2.05) is 13.8 Å². The Morgan fingerprint density at radius 3 is 2.48 bits per heavy atom. The molecule has 2 N–H and O–H groups in total. The first-order chi connectivity index (χ1) is 13.0. The average Bonchev–Trinajstić information content (AvgIpc) is 2.66. The lowest BCUT2D eigenvalue weighted by molar-refractivity contribution is 0.351. The summed E-state index contributed by atoms with van der Waals surface area (Å²) in [4.78, 5) is 8.99. The zero-order valence-corrected chi connectivity index (χ0v) is 18.0. The van der Waals surface area contributed by atoms with Crippen LogP contribution in [0.3, 0.4) is 0 Å². The van der Waals surface area contributed by atoms with E-state index in [9.17, 15) is 0 Å². The quantitative estimate of drug-likeness (QED) is 0.221. The van der Waals surface area contributed by atoms with E-state index in [1.54, 1.807) is 6.34 Å². The molecule has 0 saturated heterocycles. The summed E-state index contributed by atoms with van der Waals surface area (Å²) in [5, 5.41) is 6.68. The lowest BCUT2D eigenvalue weighted by Crippen LogP contribution is -2.25. The Morgan fingerprint density at radius 2 is 1.85 bits per heavy atom. The van der Waals surface area contributed by atoms with Crippen LogP contribution in [0, 0.1) is 5.92 Å². The molecule has 1 unspecified atom stereocenters. The summed E-state index contributed by atoms with van der Waals surface area (Å²) in [6.45, 7) is 18.6. The van der Waals surface area contributed by atoms with Crippen LogP contribution in [0.15, 0.2) is 46.1 Å². The minimum atomic E-state index is -0.0410. The molecular weight excluding hydrogens is 332 g/mol. The van der Waals surface area contributed by atoms with Crippen molar-refractivity contribution in [2.24, 2.45) is 15.9 Å². The fraction of sp³-hybridized carbons (Fsp3) is 0.652. The van der Waals surface area contributed by atoms with Crippen molar-refractivity contribution in [3.05, 3.63) is 36.1 Å². The number of amidine groups is 1. The second kappa shape index (κ2) is 13.3. The lowest BCUT2D eigenvalue weighted by atomic mass is 9.89. The van der Waals surface area contributed by atoms with Crippen LogP contribution in [0.4, 0.5) is 0 Å². The molecule has 0 heterocycles. The van der Waals surface area contributed by atoms with Gasteiger partial charge < -0.3 is 10.6 Å². The van der Waals surface area contributed by atoms with Gasteiger partial charge in [-0.2, -0.15) is 0 Å². The van der Waals surface area contributed by atoms with Crippen LogP contribution in [0.2, 0.25) is 0 Å². The van der Waals surface area contributed by atoms with Crippen molar-refractivity contribution in [3.8, 4) is 0 Å². The van der Waals surface area contributed by atoms with Crippen LogP contribution < -0.4 is 10.6 Å². The maximum Gasteiger partial charge on any atom is 0.0993 e. The number of nitrogens with zero attached hydrogens (tertiary/aromatic N) is 2. The number of aliphatic imine (C=N–C) groups is 2. The Labute approximate surface area is 167 Å². The molecule has 0 bridgehead atoms. The van der Waals surface area contributed by atoms with Crippen LogP contribution in [-0.4, -0.2) is 31.3 Å². The smallest absolute Gasteiger partial charge is 0.0993 e. The summed E-state index contributed by atoms with van der Waals surface area (Å²) in [6, 6.07) is -0.0410. The van der Waals surface area contributed by atoms with Crippen molar-refractivity contribution in [3.63, 3.8) is 0 Å². The molecule has 1 atom stereocenters. The number of hydrogen-bond acceptors (Lipinski definition) is 3. The monoisotopic (exact) mass is 372 g/mol. The standard InChI is InChI=1S/C23H40N4/c1-7-12-18(3)23(27-21(6)26-17-24-8-2)15-19(4)20(5)25-16-22-13-10-9-11-14-22/h15,17,22-23,25H,3,5,7-14,16H2,1-2,4,6H3,(H,24,26,27)/b19-15+. The molecule has 27 heavy (non-hydrogen) atoms. The summed E-state index contributed by atoms with van der Waals surface area (Å²) < 4.78 is 0. The van der Waals surface area contributed by atoms with E-state index in [0.717, 1.165) is 54.5 Å². The molecule has 1 fully saturated rings. The highest BCUT2D eigenvalue weighted by molar-refractivity contribution is 5.90. The highest BCUT2D eigenvalue weighted by Crippen LogP contribution is 2.23. The molecule has 1 aliphatic rings. The van der Waals surface area contributed by atoms with E-state index in [2.05, 4.69) is 48.7 Å². The molecule has 1 saturated carbocycles. The third kappa shape index (κ3) is 9.60. The molecule has 0 spiro atoms. The van der Waals surface area contributed by atoms with Crippen molar-refractivity contribution in [2.75, 3.05) is 13.1 Å². The fourth-order valence-corrected chi connectivity index (χ4v) is 3.33. The van der Waals surface area contributed by atoms with Crippen molar-refractivity contribution in [2.45, 2.75) is 78.7 Å². The van der Waals surface area contributed by atoms with E-state index >= 15 is 0 Å². The predicted molar refractivity (Wildman–Crippen MR) is 121 cm³/mol. The number of allylic oxidation sites excluding steroid dienone is 1.